The highest BCUT2D eigenvalue weighted by Crippen LogP contribution is 2.31. The first-order chi connectivity index (χ1) is 9.81. The number of benzene rings is 1. The zero-order valence-electron chi connectivity index (χ0n) is 14.3. The van der Waals surface area contributed by atoms with Crippen LogP contribution in [0.3, 0.4) is 0 Å². The summed E-state index contributed by atoms with van der Waals surface area (Å²) >= 11 is 0. The topological polar surface area (TPSA) is 52.3 Å². The molecular formula is C18H29NO2. The highest BCUT2D eigenvalue weighted by Gasteiger charge is 2.17. The molecule has 3 heteroatoms. The van der Waals surface area contributed by atoms with E-state index < -0.39 is 0 Å². The monoisotopic (exact) mass is 291 g/mol. The second kappa shape index (κ2) is 7.60. The molecule has 3 nitrogen and oxygen atoms in total. The predicted molar refractivity (Wildman–Crippen MR) is 87.5 cm³/mol. The molecule has 1 unspecified atom stereocenters. The van der Waals surface area contributed by atoms with Crippen LogP contribution in [0.15, 0.2) is 0 Å². The maximum atomic E-state index is 11.4. The highest BCUT2D eigenvalue weighted by molar-refractivity contribution is 5.69. The van der Waals surface area contributed by atoms with Crippen molar-refractivity contribution >= 4 is 5.97 Å². The van der Waals surface area contributed by atoms with Gasteiger partial charge in [0.15, 0.2) is 0 Å². The minimum atomic E-state index is -0.130. The van der Waals surface area contributed by atoms with Gasteiger partial charge >= 0.3 is 5.97 Å². The summed E-state index contributed by atoms with van der Waals surface area (Å²) in [6.45, 7) is 13.1. The lowest BCUT2D eigenvalue weighted by molar-refractivity contribution is -0.143. The van der Waals surface area contributed by atoms with E-state index in [4.69, 9.17) is 10.5 Å². The summed E-state index contributed by atoms with van der Waals surface area (Å²) in [7, 11) is 0. The van der Waals surface area contributed by atoms with E-state index in [9.17, 15) is 4.79 Å². The molecule has 0 aromatic heterocycles. The number of hydrogen-bond acceptors (Lipinski definition) is 3. The van der Waals surface area contributed by atoms with Crippen LogP contribution in [0, 0.1) is 34.6 Å². The van der Waals surface area contributed by atoms with E-state index >= 15 is 0 Å². The van der Waals surface area contributed by atoms with Crippen molar-refractivity contribution in [2.45, 2.75) is 66.8 Å². The van der Waals surface area contributed by atoms with Crippen molar-refractivity contribution in [3.05, 3.63) is 33.4 Å². The molecule has 0 fully saturated rings. The Kier molecular flexibility index (Phi) is 6.41. The van der Waals surface area contributed by atoms with Crippen LogP contribution >= 0.6 is 0 Å². The van der Waals surface area contributed by atoms with Crippen LogP contribution in [0.4, 0.5) is 0 Å². The van der Waals surface area contributed by atoms with Gasteiger partial charge in [-0.2, -0.15) is 0 Å². The molecule has 118 valence electrons. The largest absolute Gasteiger partial charge is 0.466 e. The van der Waals surface area contributed by atoms with Crippen LogP contribution in [-0.2, 0) is 9.53 Å². The maximum absolute atomic E-state index is 11.4. The molecule has 1 rings (SSSR count). The van der Waals surface area contributed by atoms with Gasteiger partial charge in [0.1, 0.15) is 0 Å². The third kappa shape index (κ3) is 4.07. The molecule has 2 N–H and O–H groups in total. The first-order valence-corrected chi connectivity index (χ1v) is 7.79. The smallest absolute Gasteiger partial charge is 0.305 e. The first-order valence-electron chi connectivity index (χ1n) is 7.79. The Bertz CT molecular complexity index is 491. The maximum Gasteiger partial charge on any atom is 0.305 e. The fraction of sp³-hybridized carbons (Fsp3) is 0.611. The van der Waals surface area contributed by atoms with Gasteiger partial charge in [0.25, 0.3) is 0 Å². The average Bonchev–Trinajstić information content (AvgIpc) is 2.43. The second-order valence-corrected chi connectivity index (χ2v) is 5.84. The van der Waals surface area contributed by atoms with Gasteiger partial charge in [0, 0.05) is 12.5 Å². The third-order valence-electron chi connectivity index (χ3n) is 4.63. The van der Waals surface area contributed by atoms with Gasteiger partial charge in [-0.1, -0.05) is 0 Å². The average molecular weight is 291 g/mol. The van der Waals surface area contributed by atoms with Crippen LogP contribution in [0.1, 0.15) is 65.6 Å². The summed E-state index contributed by atoms with van der Waals surface area (Å²) in [5, 5.41) is 0. The Hall–Kier alpha value is -1.35. The van der Waals surface area contributed by atoms with Crippen LogP contribution in [0.5, 0.6) is 0 Å². The Morgan fingerprint density at radius 3 is 1.95 bits per heavy atom. The van der Waals surface area contributed by atoms with Gasteiger partial charge in [0.05, 0.1) is 6.61 Å². The van der Waals surface area contributed by atoms with Crippen molar-refractivity contribution in [3.63, 3.8) is 0 Å². The molecule has 0 aliphatic heterocycles. The lowest BCUT2D eigenvalue weighted by atomic mass is 9.85. The Labute approximate surface area is 128 Å². The molecule has 0 saturated carbocycles. The number of nitrogens with two attached hydrogens (primary N) is 1. The first kappa shape index (κ1) is 17.7. The summed E-state index contributed by atoms with van der Waals surface area (Å²) in [6.07, 6.45) is 2.02. The molecule has 21 heavy (non-hydrogen) atoms. The fourth-order valence-corrected chi connectivity index (χ4v) is 2.93. The van der Waals surface area contributed by atoms with E-state index in [1.165, 1.54) is 33.4 Å². The van der Waals surface area contributed by atoms with E-state index in [0.717, 1.165) is 12.8 Å². The molecule has 1 aromatic carbocycles. The summed E-state index contributed by atoms with van der Waals surface area (Å²) in [4.78, 5) is 11.4. The van der Waals surface area contributed by atoms with Crippen molar-refractivity contribution in [1.29, 1.82) is 0 Å². The Balaban J connectivity index is 2.84. The number of carbonyl (C=O) groups is 1. The summed E-state index contributed by atoms with van der Waals surface area (Å²) < 4.78 is 4.95. The van der Waals surface area contributed by atoms with Gasteiger partial charge in [0.2, 0.25) is 0 Å². The highest BCUT2D eigenvalue weighted by atomic mass is 16.5. The quantitative estimate of drug-likeness (QED) is 0.807. The third-order valence-corrected chi connectivity index (χ3v) is 4.63. The van der Waals surface area contributed by atoms with E-state index in [1.54, 1.807) is 0 Å². The molecule has 0 aliphatic rings. The summed E-state index contributed by atoms with van der Waals surface area (Å²) in [6, 6.07) is -0.0163. The summed E-state index contributed by atoms with van der Waals surface area (Å²) in [5.41, 5.74) is 14.2. The molecule has 0 bridgehead atoms. The number of ether oxygens (including phenoxy) is 1. The molecule has 0 heterocycles. The van der Waals surface area contributed by atoms with Crippen LogP contribution in [0.2, 0.25) is 0 Å². The van der Waals surface area contributed by atoms with E-state index in [1.807, 2.05) is 6.92 Å². The normalized spacial score (nSPS) is 12.3. The molecule has 0 aliphatic carbocycles. The standard InChI is InChI=1S/C18H29NO2/c1-7-21-17(20)10-8-9-16(19)18-14(5)12(3)11(2)13(4)15(18)6/h16H,7-10,19H2,1-6H3. The second-order valence-electron chi connectivity index (χ2n) is 5.84. The van der Waals surface area contributed by atoms with Crippen molar-refractivity contribution < 1.29 is 9.53 Å². The van der Waals surface area contributed by atoms with E-state index in [2.05, 4.69) is 34.6 Å². The molecule has 0 radical (unpaired) electrons. The van der Waals surface area contributed by atoms with Crippen molar-refractivity contribution in [2.75, 3.05) is 6.61 Å². The minimum Gasteiger partial charge on any atom is -0.466 e. The van der Waals surface area contributed by atoms with Gasteiger partial charge in [-0.25, -0.2) is 0 Å². The molecule has 0 spiro atoms. The zero-order valence-corrected chi connectivity index (χ0v) is 14.3. The molecule has 1 aromatic rings. The van der Waals surface area contributed by atoms with Gasteiger partial charge < -0.3 is 10.5 Å². The van der Waals surface area contributed by atoms with Gasteiger partial charge in [-0.15, -0.1) is 0 Å². The van der Waals surface area contributed by atoms with Crippen LogP contribution in [-0.4, -0.2) is 12.6 Å². The fourth-order valence-electron chi connectivity index (χ4n) is 2.93. The van der Waals surface area contributed by atoms with Crippen molar-refractivity contribution in [1.82, 2.24) is 0 Å². The lowest BCUT2D eigenvalue weighted by Crippen LogP contribution is -2.16. The number of rotatable bonds is 6. The van der Waals surface area contributed by atoms with Crippen LogP contribution in [0.25, 0.3) is 0 Å². The zero-order chi connectivity index (χ0) is 16.2. The van der Waals surface area contributed by atoms with Crippen molar-refractivity contribution in [3.8, 4) is 0 Å². The number of hydrogen-bond donors (Lipinski definition) is 1. The Morgan fingerprint density at radius 1 is 1.00 bits per heavy atom. The Morgan fingerprint density at radius 2 is 1.48 bits per heavy atom. The lowest BCUT2D eigenvalue weighted by Gasteiger charge is -2.23. The molecule has 0 amide bonds. The number of esters is 1. The van der Waals surface area contributed by atoms with Crippen LogP contribution < -0.4 is 5.73 Å². The molecular weight excluding hydrogens is 262 g/mol. The van der Waals surface area contributed by atoms with Gasteiger partial charge in [-0.05, 0) is 87.8 Å². The van der Waals surface area contributed by atoms with Gasteiger partial charge in [-0.3, -0.25) is 4.79 Å². The SMILES string of the molecule is CCOC(=O)CCCC(N)c1c(C)c(C)c(C)c(C)c1C. The number of carbonyl (C=O) groups excluding carboxylic acids is 1. The molecule has 1 atom stereocenters. The van der Waals surface area contributed by atoms with E-state index in [0.29, 0.717) is 13.0 Å². The molecule has 0 saturated heterocycles. The summed E-state index contributed by atoms with van der Waals surface area (Å²) in [5.74, 6) is -0.130. The minimum absolute atomic E-state index is 0.0163. The van der Waals surface area contributed by atoms with Crippen molar-refractivity contribution in [2.24, 2.45) is 5.73 Å². The predicted octanol–water partition coefficient (Wildman–Crippen LogP) is 3.96. The van der Waals surface area contributed by atoms with E-state index in [-0.39, 0.29) is 12.0 Å².